The van der Waals surface area contributed by atoms with Gasteiger partial charge >= 0.3 is 0 Å². The molecule has 0 amide bonds. The first kappa shape index (κ1) is 15.5. The summed E-state index contributed by atoms with van der Waals surface area (Å²) < 4.78 is 13.9. The highest BCUT2D eigenvalue weighted by Crippen LogP contribution is 2.28. The van der Waals surface area contributed by atoms with Gasteiger partial charge in [-0.3, -0.25) is 4.90 Å². The first-order valence-corrected chi connectivity index (χ1v) is 7.62. The fourth-order valence-electron chi connectivity index (χ4n) is 3.03. The lowest BCUT2D eigenvalue weighted by Crippen LogP contribution is -2.60. The topological polar surface area (TPSA) is 15.3 Å². The average molecular weight is 278 g/mol. The summed E-state index contributed by atoms with van der Waals surface area (Å²) in [6.45, 7) is 11.7. The first-order chi connectivity index (χ1) is 9.41. The van der Waals surface area contributed by atoms with Gasteiger partial charge in [0.05, 0.1) is 0 Å². The van der Waals surface area contributed by atoms with E-state index < -0.39 is 0 Å². The summed E-state index contributed by atoms with van der Waals surface area (Å²) in [6.07, 6.45) is 1.12. The zero-order valence-electron chi connectivity index (χ0n) is 13.1. The van der Waals surface area contributed by atoms with Crippen LogP contribution in [0.15, 0.2) is 24.3 Å². The predicted octanol–water partition coefficient (Wildman–Crippen LogP) is 3.42. The Bertz CT molecular complexity index is 439. The quantitative estimate of drug-likeness (QED) is 0.911. The third kappa shape index (κ3) is 3.58. The van der Waals surface area contributed by atoms with Gasteiger partial charge in [0.2, 0.25) is 0 Å². The Kier molecular flexibility index (Phi) is 4.82. The van der Waals surface area contributed by atoms with Crippen molar-refractivity contribution < 1.29 is 4.39 Å². The van der Waals surface area contributed by atoms with E-state index in [2.05, 4.69) is 37.9 Å². The molecule has 2 rings (SSSR count). The Morgan fingerprint density at radius 3 is 2.60 bits per heavy atom. The number of benzene rings is 1. The maximum absolute atomic E-state index is 13.9. The lowest BCUT2D eigenvalue weighted by Gasteiger charge is -2.46. The van der Waals surface area contributed by atoms with Crippen molar-refractivity contribution in [1.29, 1.82) is 0 Å². The van der Waals surface area contributed by atoms with Crippen molar-refractivity contribution in [3.05, 3.63) is 35.6 Å². The number of rotatable bonds is 3. The molecule has 0 aliphatic carbocycles. The molecule has 1 N–H and O–H groups in total. The summed E-state index contributed by atoms with van der Waals surface area (Å²) in [7, 11) is 0. The molecule has 1 aliphatic heterocycles. The summed E-state index contributed by atoms with van der Waals surface area (Å²) >= 11 is 0. The SMILES string of the molecule is CCC1CN(Cc2ccccc2F)C(C(C)(C)C)CN1. The molecule has 1 fully saturated rings. The second-order valence-electron chi connectivity index (χ2n) is 6.92. The largest absolute Gasteiger partial charge is 0.311 e. The first-order valence-electron chi connectivity index (χ1n) is 7.62. The molecular formula is C17H27FN2. The maximum atomic E-state index is 13.9. The van der Waals surface area contributed by atoms with E-state index >= 15 is 0 Å². The van der Waals surface area contributed by atoms with E-state index in [0.29, 0.717) is 18.6 Å². The van der Waals surface area contributed by atoms with Gasteiger partial charge in [0.15, 0.2) is 0 Å². The third-order valence-corrected chi connectivity index (χ3v) is 4.32. The minimum absolute atomic E-state index is 0.0910. The van der Waals surface area contributed by atoms with Crippen molar-refractivity contribution in [1.82, 2.24) is 10.2 Å². The summed E-state index contributed by atoms with van der Waals surface area (Å²) in [4.78, 5) is 2.45. The van der Waals surface area contributed by atoms with Crippen LogP contribution >= 0.6 is 0 Å². The number of nitrogens with zero attached hydrogens (tertiary/aromatic N) is 1. The van der Waals surface area contributed by atoms with Gasteiger partial charge in [-0.2, -0.15) is 0 Å². The molecule has 1 heterocycles. The van der Waals surface area contributed by atoms with Crippen LogP contribution in [0.4, 0.5) is 4.39 Å². The molecule has 1 aromatic rings. The Morgan fingerprint density at radius 1 is 1.30 bits per heavy atom. The summed E-state index contributed by atoms with van der Waals surface area (Å²) in [5.41, 5.74) is 0.996. The van der Waals surface area contributed by atoms with E-state index in [1.54, 1.807) is 12.1 Å². The molecule has 2 unspecified atom stereocenters. The van der Waals surface area contributed by atoms with Crippen LogP contribution in [0.3, 0.4) is 0 Å². The predicted molar refractivity (Wildman–Crippen MR) is 82.1 cm³/mol. The molecule has 0 bridgehead atoms. The summed E-state index contributed by atoms with van der Waals surface area (Å²) in [6, 6.07) is 8.08. The number of hydrogen-bond donors (Lipinski definition) is 1. The van der Waals surface area contributed by atoms with Gasteiger partial charge in [0.1, 0.15) is 5.82 Å². The smallest absolute Gasteiger partial charge is 0.127 e. The van der Waals surface area contributed by atoms with Crippen LogP contribution in [-0.4, -0.2) is 30.1 Å². The van der Waals surface area contributed by atoms with Crippen LogP contribution in [0.1, 0.15) is 39.7 Å². The molecule has 0 radical (unpaired) electrons. The monoisotopic (exact) mass is 278 g/mol. The minimum Gasteiger partial charge on any atom is -0.311 e. The zero-order chi connectivity index (χ0) is 14.8. The van der Waals surface area contributed by atoms with E-state index in [1.807, 2.05) is 12.1 Å². The zero-order valence-corrected chi connectivity index (χ0v) is 13.1. The average Bonchev–Trinajstić information content (AvgIpc) is 2.40. The molecule has 20 heavy (non-hydrogen) atoms. The van der Waals surface area contributed by atoms with Gasteiger partial charge < -0.3 is 5.32 Å². The number of nitrogens with one attached hydrogen (secondary N) is 1. The molecule has 1 aliphatic rings. The van der Waals surface area contributed by atoms with Crippen molar-refractivity contribution in [3.63, 3.8) is 0 Å². The third-order valence-electron chi connectivity index (χ3n) is 4.32. The molecule has 1 aromatic carbocycles. The summed E-state index contributed by atoms with van der Waals surface area (Å²) in [5.74, 6) is -0.0910. The molecule has 2 nitrogen and oxygen atoms in total. The summed E-state index contributed by atoms with van der Waals surface area (Å²) in [5, 5.41) is 3.62. The van der Waals surface area contributed by atoms with Crippen LogP contribution in [0.5, 0.6) is 0 Å². The second kappa shape index (κ2) is 6.23. The lowest BCUT2D eigenvalue weighted by molar-refractivity contribution is 0.0477. The van der Waals surface area contributed by atoms with Crippen LogP contribution < -0.4 is 5.32 Å². The van der Waals surface area contributed by atoms with Crippen molar-refractivity contribution in [2.75, 3.05) is 13.1 Å². The highest BCUT2D eigenvalue weighted by atomic mass is 19.1. The Morgan fingerprint density at radius 2 is 2.00 bits per heavy atom. The van der Waals surface area contributed by atoms with Gasteiger partial charge in [-0.15, -0.1) is 0 Å². The highest BCUT2D eigenvalue weighted by Gasteiger charge is 2.35. The van der Waals surface area contributed by atoms with E-state index in [4.69, 9.17) is 0 Å². The molecule has 112 valence electrons. The molecule has 0 spiro atoms. The standard InChI is InChI=1S/C17H27FN2/c1-5-14-12-20(16(10-19-14)17(2,3)4)11-13-8-6-7-9-15(13)18/h6-9,14,16,19H,5,10-12H2,1-4H3. The normalized spacial score (nSPS) is 24.9. The number of piperazine rings is 1. The van der Waals surface area contributed by atoms with Crippen molar-refractivity contribution >= 4 is 0 Å². The Hall–Kier alpha value is -0.930. The van der Waals surface area contributed by atoms with E-state index in [1.165, 1.54) is 0 Å². The number of halogens is 1. The van der Waals surface area contributed by atoms with Gasteiger partial charge in [-0.25, -0.2) is 4.39 Å². The van der Waals surface area contributed by atoms with Crippen molar-refractivity contribution in [3.8, 4) is 0 Å². The fraction of sp³-hybridized carbons (Fsp3) is 0.647. The van der Waals surface area contributed by atoms with Gasteiger partial charge in [0, 0.05) is 37.3 Å². The van der Waals surface area contributed by atoms with Gasteiger partial charge in [-0.05, 0) is 17.9 Å². The fourth-order valence-corrected chi connectivity index (χ4v) is 3.03. The molecule has 0 aromatic heterocycles. The maximum Gasteiger partial charge on any atom is 0.127 e. The molecule has 0 saturated carbocycles. The van der Waals surface area contributed by atoms with E-state index in [0.717, 1.165) is 25.1 Å². The van der Waals surface area contributed by atoms with Crippen LogP contribution in [0.2, 0.25) is 0 Å². The number of hydrogen-bond acceptors (Lipinski definition) is 2. The van der Waals surface area contributed by atoms with E-state index in [-0.39, 0.29) is 11.2 Å². The van der Waals surface area contributed by atoms with Crippen molar-refractivity contribution in [2.45, 2.75) is 52.7 Å². The van der Waals surface area contributed by atoms with Crippen LogP contribution in [0, 0.1) is 11.2 Å². The Labute approximate surface area is 122 Å². The van der Waals surface area contributed by atoms with Gasteiger partial charge in [0.25, 0.3) is 0 Å². The molecule has 1 saturated heterocycles. The van der Waals surface area contributed by atoms with Crippen LogP contribution in [0.25, 0.3) is 0 Å². The minimum atomic E-state index is -0.0910. The highest BCUT2D eigenvalue weighted by molar-refractivity contribution is 5.17. The molecule has 2 atom stereocenters. The van der Waals surface area contributed by atoms with Gasteiger partial charge in [-0.1, -0.05) is 45.9 Å². The molecular weight excluding hydrogens is 251 g/mol. The Balaban J connectivity index is 2.17. The second-order valence-corrected chi connectivity index (χ2v) is 6.92. The van der Waals surface area contributed by atoms with E-state index in [9.17, 15) is 4.39 Å². The van der Waals surface area contributed by atoms with Crippen LogP contribution in [-0.2, 0) is 6.54 Å². The lowest BCUT2D eigenvalue weighted by atomic mass is 9.83. The van der Waals surface area contributed by atoms with Crippen molar-refractivity contribution in [2.24, 2.45) is 5.41 Å². The molecule has 3 heteroatoms.